The SMILES string of the molecule is C=C=C(CCCCCC)CC(C)(C#N)C#N. The van der Waals surface area contributed by atoms with Crippen LogP contribution >= 0.6 is 0 Å². The summed E-state index contributed by atoms with van der Waals surface area (Å²) in [6.45, 7) is 7.47. The van der Waals surface area contributed by atoms with Crippen LogP contribution in [0, 0.1) is 28.1 Å². The summed E-state index contributed by atoms with van der Waals surface area (Å²) >= 11 is 0. The third-order valence-corrected chi connectivity index (χ3v) is 2.64. The molecule has 0 aromatic carbocycles. The molecule has 2 nitrogen and oxygen atoms in total. The first-order valence-electron chi connectivity index (χ1n) is 5.82. The predicted octanol–water partition coefficient (Wildman–Crippen LogP) is 4.11. The van der Waals surface area contributed by atoms with Crippen molar-refractivity contribution in [1.82, 2.24) is 0 Å². The fourth-order valence-corrected chi connectivity index (χ4v) is 1.54. The lowest BCUT2D eigenvalue weighted by atomic mass is 9.85. The molecule has 0 atom stereocenters. The molecule has 0 N–H and O–H groups in total. The van der Waals surface area contributed by atoms with E-state index in [9.17, 15) is 0 Å². The highest BCUT2D eigenvalue weighted by atomic mass is 14.4. The van der Waals surface area contributed by atoms with Crippen molar-refractivity contribution in [2.24, 2.45) is 5.41 Å². The van der Waals surface area contributed by atoms with Gasteiger partial charge in [0.05, 0.1) is 12.1 Å². The summed E-state index contributed by atoms with van der Waals surface area (Å²) in [5.41, 5.74) is 2.94. The summed E-state index contributed by atoms with van der Waals surface area (Å²) in [5, 5.41) is 17.8. The van der Waals surface area contributed by atoms with Crippen molar-refractivity contribution in [3.63, 3.8) is 0 Å². The van der Waals surface area contributed by atoms with Crippen LogP contribution in [0.5, 0.6) is 0 Å². The maximum Gasteiger partial charge on any atom is 0.145 e. The fraction of sp³-hybridized carbons (Fsp3) is 0.643. The lowest BCUT2D eigenvalue weighted by Gasteiger charge is -2.13. The van der Waals surface area contributed by atoms with Gasteiger partial charge in [0.1, 0.15) is 5.41 Å². The molecule has 16 heavy (non-hydrogen) atoms. The summed E-state index contributed by atoms with van der Waals surface area (Å²) in [6.07, 6.45) is 6.10. The van der Waals surface area contributed by atoms with Crippen LogP contribution in [0.25, 0.3) is 0 Å². The molecule has 0 aliphatic heterocycles. The minimum atomic E-state index is -0.926. The number of hydrogen-bond acceptors (Lipinski definition) is 2. The second-order valence-corrected chi connectivity index (χ2v) is 4.32. The number of hydrogen-bond donors (Lipinski definition) is 0. The first-order chi connectivity index (χ1) is 7.61. The third-order valence-electron chi connectivity index (χ3n) is 2.64. The lowest BCUT2D eigenvalue weighted by molar-refractivity contribution is 0.552. The van der Waals surface area contributed by atoms with Crippen molar-refractivity contribution in [2.45, 2.75) is 52.4 Å². The van der Waals surface area contributed by atoms with Crippen LogP contribution < -0.4 is 0 Å². The van der Waals surface area contributed by atoms with Gasteiger partial charge in [-0.25, -0.2) is 0 Å². The molecule has 0 saturated carbocycles. The zero-order valence-corrected chi connectivity index (χ0v) is 10.3. The molecule has 0 fully saturated rings. The Morgan fingerprint density at radius 1 is 1.19 bits per heavy atom. The van der Waals surface area contributed by atoms with Crippen LogP contribution in [-0.4, -0.2) is 0 Å². The maximum atomic E-state index is 8.91. The van der Waals surface area contributed by atoms with Crippen molar-refractivity contribution >= 4 is 0 Å². The summed E-state index contributed by atoms with van der Waals surface area (Å²) < 4.78 is 0. The Labute approximate surface area is 98.9 Å². The average molecular weight is 216 g/mol. The largest absolute Gasteiger partial charge is 0.197 e. The molecule has 0 aliphatic rings. The molecule has 0 aromatic rings. The molecular weight excluding hydrogens is 196 g/mol. The topological polar surface area (TPSA) is 47.6 Å². The summed E-state index contributed by atoms with van der Waals surface area (Å²) in [6, 6.07) is 4.09. The van der Waals surface area contributed by atoms with Gasteiger partial charge in [-0.1, -0.05) is 32.8 Å². The second-order valence-electron chi connectivity index (χ2n) is 4.32. The molecule has 0 spiro atoms. The van der Waals surface area contributed by atoms with Gasteiger partial charge in [-0.2, -0.15) is 10.5 Å². The van der Waals surface area contributed by atoms with Gasteiger partial charge in [0.2, 0.25) is 0 Å². The van der Waals surface area contributed by atoms with E-state index in [1.165, 1.54) is 19.3 Å². The number of rotatable bonds is 7. The smallest absolute Gasteiger partial charge is 0.145 e. The van der Waals surface area contributed by atoms with E-state index in [4.69, 9.17) is 10.5 Å². The molecule has 86 valence electrons. The number of nitrogens with zero attached hydrogens (tertiary/aromatic N) is 2. The van der Waals surface area contributed by atoms with Gasteiger partial charge >= 0.3 is 0 Å². The van der Waals surface area contributed by atoms with Crippen LogP contribution in [0.4, 0.5) is 0 Å². The zero-order chi connectivity index (χ0) is 12.4. The van der Waals surface area contributed by atoms with E-state index in [1.807, 2.05) is 12.1 Å². The monoisotopic (exact) mass is 216 g/mol. The van der Waals surface area contributed by atoms with Crippen molar-refractivity contribution < 1.29 is 0 Å². The van der Waals surface area contributed by atoms with Crippen molar-refractivity contribution in [2.75, 3.05) is 0 Å². The van der Waals surface area contributed by atoms with Crippen molar-refractivity contribution in [1.29, 1.82) is 10.5 Å². The van der Waals surface area contributed by atoms with Crippen molar-refractivity contribution in [3.8, 4) is 12.1 Å². The van der Waals surface area contributed by atoms with Crippen LogP contribution in [0.15, 0.2) is 17.9 Å². The third kappa shape index (κ3) is 5.40. The standard InChI is InChI=1S/C14H20N2/c1-4-6-7-8-9-13(5-2)10-14(3,11-15)12-16/h2,4,6-10H2,1,3H3. The van der Waals surface area contributed by atoms with E-state index < -0.39 is 5.41 Å². The predicted molar refractivity (Wildman–Crippen MR) is 65.4 cm³/mol. The summed E-state index contributed by atoms with van der Waals surface area (Å²) in [7, 11) is 0. The highest BCUT2D eigenvalue weighted by Gasteiger charge is 2.24. The van der Waals surface area contributed by atoms with Gasteiger partial charge in [0.25, 0.3) is 0 Å². The molecule has 0 unspecified atom stereocenters. The molecule has 0 bridgehead atoms. The highest BCUT2D eigenvalue weighted by Crippen LogP contribution is 2.26. The number of nitriles is 2. The van der Waals surface area contributed by atoms with E-state index in [2.05, 4.69) is 19.2 Å². The number of unbranched alkanes of at least 4 members (excludes halogenated alkanes) is 3. The van der Waals surface area contributed by atoms with Crippen LogP contribution in [-0.2, 0) is 0 Å². The van der Waals surface area contributed by atoms with Gasteiger partial charge in [-0.3, -0.25) is 0 Å². The molecule has 0 rings (SSSR count). The normalized spacial score (nSPS) is 10.0. The second kappa shape index (κ2) is 7.75. The van der Waals surface area contributed by atoms with Gasteiger partial charge < -0.3 is 0 Å². The van der Waals surface area contributed by atoms with Crippen molar-refractivity contribution in [3.05, 3.63) is 17.9 Å². The molecule has 0 aromatic heterocycles. The molecule has 0 heterocycles. The Balaban J connectivity index is 4.20. The van der Waals surface area contributed by atoms with Crippen LogP contribution in [0.1, 0.15) is 52.4 Å². The number of allylic oxidation sites excluding steroid dienone is 1. The minimum Gasteiger partial charge on any atom is -0.197 e. The molecule has 0 aliphatic carbocycles. The van der Waals surface area contributed by atoms with Gasteiger partial charge in [0.15, 0.2) is 0 Å². The zero-order valence-electron chi connectivity index (χ0n) is 10.3. The maximum absolute atomic E-state index is 8.91. The Morgan fingerprint density at radius 3 is 2.25 bits per heavy atom. The van der Waals surface area contributed by atoms with E-state index in [0.717, 1.165) is 18.4 Å². The fourth-order valence-electron chi connectivity index (χ4n) is 1.54. The quantitative estimate of drug-likeness (QED) is 0.475. The molecule has 0 radical (unpaired) electrons. The summed E-state index contributed by atoms with van der Waals surface area (Å²) in [5.74, 6) is 0. The first-order valence-corrected chi connectivity index (χ1v) is 5.82. The Kier molecular flexibility index (Phi) is 7.02. The molecule has 0 saturated heterocycles. The Bertz CT molecular complexity index is 321. The molecular formula is C14H20N2. The van der Waals surface area contributed by atoms with E-state index >= 15 is 0 Å². The first kappa shape index (κ1) is 14.5. The average Bonchev–Trinajstić information content (AvgIpc) is 2.32. The molecule has 0 amide bonds. The van der Waals surface area contributed by atoms with Gasteiger partial charge in [-0.05, 0) is 25.3 Å². The minimum absolute atomic E-state index is 0.468. The Morgan fingerprint density at radius 2 is 1.81 bits per heavy atom. The summed E-state index contributed by atoms with van der Waals surface area (Å²) in [4.78, 5) is 0. The Hall–Kier alpha value is -1.50. The van der Waals surface area contributed by atoms with Gasteiger partial charge in [0, 0.05) is 6.42 Å². The highest BCUT2D eigenvalue weighted by molar-refractivity contribution is 5.18. The lowest BCUT2D eigenvalue weighted by Crippen LogP contribution is -2.11. The van der Waals surface area contributed by atoms with Gasteiger partial charge in [-0.15, -0.1) is 5.73 Å². The van der Waals surface area contributed by atoms with E-state index in [1.54, 1.807) is 6.92 Å². The van der Waals surface area contributed by atoms with Crippen LogP contribution in [0.3, 0.4) is 0 Å². The van der Waals surface area contributed by atoms with E-state index in [-0.39, 0.29) is 0 Å². The van der Waals surface area contributed by atoms with E-state index in [0.29, 0.717) is 6.42 Å². The van der Waals surface area contributed by atoms with Crippen LogP contribution in [0.2, 0.25) is 0 Å². The molecule has 2 heteroatoms.